The molecule has 0 saturated heterocycles. The standard InChI is InChI=1S/C15H22F3N/c1-2-3-4-5-6-7-8-11-19-13-10-9-12(16)14(17)15(13)18/h9-10,19H,2-8,11H2,1H3. The molecule has 0 bridgehead atoms. The van der Waals surface area contributed by atoms with E-state index in [0.717, 1.165) is 18.9 Å². The van der Waals surface area contributed by atoms with Crippen molar-refractivity contribution in [3.05, 3.63) is 29.6 Å². The maximum absolute atomic E-state index is 13.3. The van der Waals surface area contributed by atoms with Gasteiger partial charge in [0.2, 0.25) is 0 Å². The van der Waals surface area contributed by atoms with Gasteiger partial charge in [-0.15, -0.1) is 0 Å². The Balaban J connectivity index is 2.18. The molecule has 1 rings (SSSR count). The van der Waals surface area contributed by atoms with Crippen LogP contribution in [-0.4, -0.2) is 6.54 Å². The molecule has 1 aromatic carbocycles. The number of hydrogen-bond donors (Lipinski definition) is 1. The molecule has 108 valence electrons. The Morgan fingerprint density at radius 2 is 1.47 bits per heavy atom. The molecule has 0 radical (unpaired) electrons. The first-order valence-electron chi connectivity index (χ1n) is 7.04. The van der Waals surface area contributed by atoms with Crippen LogP contribution in [0.15, 0.2) is 12.1 Å². The molecule has 19 heavy (non-hydrogen) atoms. The van der Waals surface area contributed by atoms with Gasteiger partial charge in [-0.1, -0.05) is 45.4 Å². The summed E-state index contributed by atoms with van der Waals surface area (Å²) in [5, 5.41) is 2.80. The molecule has 1 nitrogen and oxygen atoms in total. The van der Waals surface area contributed by atoms with Gasteiger partial charge in [0.25, 0.3) is 0 Å². The summed E-state index contributed by atoms with van der Waals surface area (Å²) in [6.45, 7) is 2.76. The van der Waals surface area contributed by atoms with Crippen molar-refractivity contribution in [3.63, 3.8) is 0 Å². The second kappa shape index (κ2) is 8.83. The molecule has 0 spiro atoms. The fraction of sp³-hybridized carbons (Fsp3) is 0.600. The highest BCUT2D eigenvalue weighted by Gasteiger charge is 2.12. The largest absolute Gasteiger partial charge is 0.383 e. The molecule has 0 heterocycles. The molecule has 0 amide bonds. The molecular weight excluding hydrogens is 251 g/mol. The fourth-order valence-corrected chi connectivity index (χ4v) is 1.97. The van der Waals surface area contributed by atoms with Gasteiger partial charge < -0.3 is 5.32 Å². The summed E-state index contributed by atoms with van der Waals surface area (Å²) in [5.41, 5.74) is 0.0323. The van der Waals surface area contributed by atoms with Gasteiger partial charge in [0, 0.05) is 6.54 Å². The van der Waals surface area contributed by atoms with E-state index >= 15 is 0 Å². The molecule has 4 heteroatoms. The molecule has 0 aliphatic heterocycles. The van der Waals surface area contributed by atoms with Crippen molar-refractivity contribution in [2.24, 2.45) is 0 Å². The number of benzene rings is 1. The van der Waals surface area contributed by atoms with Crippen molar-refractivity contribution >= 4 is 5.69 Å². The summed E-state index contributed by atoms with van der Waals surface area (Å²) in [6, 6.07) is 2.17. The number of hydrogen-bond acceptors (Lipinski definition) is 1. The Labute approximate surface area is 113 Å². The normalized spacial score (nSPS) is 10.7. The Bertz CT molecular complexity index is 380. The summed E-state index contributed by atoms with van der Waals surface area (Å²) in [5.74, 6) is -3.70. The summed E-state index contributed by atoms with van der Waals surface area (Å²) in [4.78, 5) is 0. The van der Waals surface area contributed by atoms with E-state index in [4.69, 9.17) is 0 Å². The zero-order valence-electron chi connectivity index (χ0n) is 11.4. The molecule has 0 saturated carbocycles. The molecule has 1 aromatic rings. The van der Waals surface area contributed by atoms with Gasteiger partial charge in [0.15, 0.2) is 17.5 Å². The first-order chi connectivity index (χ1) is 9.16. The predicted octanol–water partition coefficient (Wildman–Crippen LogP) is 5.27. The number of anilines is 1. The van der Waals surface area contributed by atoms with Crippen LogP contribution in [0.3, 0.4) is 0 Å². The van der Waals surface area contributed by atoms with Crippen molar-refractivity contribution in [3.8, 4) is 0 Å². The van der Waals surface area contributed by atoms with E-state index in [1.807, 2.05) is 0 Å². The van der Waals surface area contributed by atoms with Gasteiger partial charge in [0.05, 0.1) is 5.69 Å². The minimum absolute atomic E-state index is 0.0323. The van der Waals surface area contributed by atoms with Crippen LogP contribution < -0.4 is 5.32 Å². The van der Waals surface area contributed by atoms with Gasteiger partial charge in [-0.2, -0.15) is 0 Å². The van der Waals surface area contributed by atoms with Crippen molar-refractivity contribution < 1.29 is 13.2 Å². The molecule has 0 aliphatic carbocycles. The van der Waals surface area contributed by atoms with Crippen LogP contribution in [0.5, 0.6) is 0 Å². The van der Waals surface area contributed by atoms with Crippen LogP contribution in [0.4, 0.5) is 18.9 Å². The lowest BCUT2D eigenvalue weighted by Crippen LogP contribution is -2.05. The van der Waals surface area contributed by atoms with Gasteiger partial charge >= 0.3 is 0 Å². The van der Waals surface area contributed by atoms with E-state index in [0.29, 0.717) is 6.54 Å². The summed E-state index contributed by atoms with van der Waals surface area (Å²) in [7, 11) is 0. The monoisotopic (exact) mass is 273 g/mol. The van der Waals surface area contributed by atoms with Crippen LogP contribution in [-0.2, 0) is 0 Å². The van der Waals surface area contributed by atoms with E-state index in [-0.39, 0.29) is 5.69 Å². The summed E-state index contributed by atoms with van der Waals surface area (Å²) >= 11 is 0. The van der Waals surface area contributed by atoms with Crippen molar-refractivity contribution in [1.29, 1.82) is 0 Å². The zero-order valence-corrected chi connectivity index (χ0v) is 11.4. The molecule has 0 aliphatic rings. The van der Waals surface area contributed by atoms with E-state index < -0.39 is 17.5 Å². The first-order valence-corrected chi connectivity index (χ1v) is 7.04. The topological polar surface area (TPSA) is 12.0 Å². The third-order valence-electron chi connectivity index (χ3n) is 3.13. The SMILES string of the molecule is CCCCCCCCCNc1ccc(F)c(F)c1F. The number of rotatable bonds is 9. The summed E-state index contributed by atoms with van der Waals surface area (Å²) in [6.07, 6.45) is 8.15. The molecule has 0 fully saturated rings. The average molecular weight is 273 g/mol. The maximum Gasteiger partial charge on any atom is 0.196 e. The highest BCUT2D eigenvalue weighted by Crippen LogP contribution is 2.19. The van der Waals surface area contributed by atoms with Gasteiger partial charge in [-0.05, 0) is 18.6 Å². The predicted molar refractivity (Wildman–Crippen MR) is 72.8 cm³/mol. The van der Waals surface area contributed by atoms with Crippen LogP contribution in [0.1, 0.15) is 51.9 Å². The molecular formula is C15H22F3N. The number of halogens is 3. The van der Waals surface area contributed by atoms with E-state index in [9.17, 15) is 13.2 Å². The third-order valence-corrected chi connectivity index (χ3v) is 3.13. The molecule has 0 unspecified atom stereocenters. The van der Waals surface area contributed by atoms with E-state index in [1.54, 1.807) is 0 Å². The fourth-order valence-electron chi connectivity index (χ4n) is 1.97. The molecule has 0 aromatic heterocycles. The Hall–Kier alpha value is -1.19. The summed E-state index contributed by atoms with van der Waals surface area (Å²) < 4.78 is 39.0. The lowest BCUT2D eigenvalue weighted by molar-refractivity contribution is 0.449. The highest BCUT2D eigenvalue weighted by atomic mass is 19.2. The lowest BCUT2D eigenvalue weighted by atomic mass is 10.1. The van der Waals surface area contributed by atoms with Crippen LogP contribution in [0.25, 0.3) is 0 Å². The Kier molecular flexibility index (Phi) is 7.38. The smallest absolute Gasteiger partial charge is 0.196 e. The van der Waals surface area contributed by atoms with E-state index in [1.165, 1.54) is 38.2 Å². The molecule has 0 atom stereocenters. The van der Waals surface area contributed by atoms with E-state index in [2.05, 4.69) is 12.2 Å². The van der Waals surface area contributed by atoms with Gasteiger partial charge in [0.1, 0.15) is 0 Å². The first kappa shape index (κ1) is 15.9. The van der Waals surface area contributed by atoms with Gasteiger partial charge in [-0.3, -0.25) is 0 Å². The van der Waals surface area contributed by atoms with Crippen molar-refractivity contribution in [2.75, 3.05) is 11.9 Å². The average Bonchev–Trinajstić information content (AvgIpc) is 2.41. The van der Waals surface area contributed by atoms with Crippen LogP contribution >= 0.6 is 0 Å². The van der Waals surface area contributed by atoms with Crippen molar-refractivity contribution in [2.45, 2.75) is 51.9 Å². The van der Waals surface area contributed by atoms with Crippen LogP contribution in [0, 0.1) is 17.5 Å². The highest BCUT2D eigenvalue weighted by molar-refractivity contribution is 5.45. The number of nitrogens with one attached hydrogen (secondary N) is 1. The Morgan fingerprint density at radius 3 is 2.16 bits per heavy atom. The maximum atomic E-state index is 13.3. The van der Waals surface area contributed by atoms with Crippen molar-refractivity contribution in [1.82, 2.24) is 0 Å². The van der Waals surface area contributed by atoms with Crippen LogP contribution in [0.2, 0.25) is 0 Å². The van der Waals surface area contributed by atoms with Gasteiger partial charge in [-0.25, -0.2) is 13.2 Å². The second-order valence-corrected chi connectivity index (χ2v) is 4.77. The Morgan fingerprint density at radius 1 is 0.842 bits per heavy atom. The number of unbranched alkanes of at least 4 members (excludes halogenated alkanes) is 6. The third kappa shape index (κ3) is 5.53. The lowest BCUT2D eigenvalue weighted by Gasteiger charge is -2.08. The zero-order chi connectivity index (χ0) is 14.1. The minimum atomic E-state index is -1.41. The molecule has 1 N–H and O–H groups in total. The quantitative estimate of drug-likeness (QED) is 0.477. The minimum Gasteiger partial charge on any atom is -0.383 e. The second-order valence-electron chi connectivity index (χ2n) is 4.77.